The Morgan fingerprint density at radius 2 is 1.75 bits per heavy atom. The fourth-order valence-electron chi connectivity index (χ4n) is 0.874. The van der Waals surface area contributed by atoms with E-state index in [0.717, 1.165) is 5.57 Å². The van der Waals surface area contributed by atoms with Gasteiger partial charge in [0, 0.05) is 0 Å². The lowest BCUT2D eigenvalue weighted by Crippen LogP contribution is -2.62. The van der Waals surface area contributed by atoms with E-state index in [1.807, 2.05) is 5.98 Å². The predicted octanol–water partition coefficient (Wildman–Crippen LogP) is -0.837. The standard InChI is InChI=1S/C6H10B3N3/c1-3-6(4-2)5-9-11-7-10-8-12-9/h3-5,10-12H,1-2H2. The summed E-state index contributed by atoms with van der Waals surface area (Å²) in [6.07, 6.45) is 3.52. The van der Waals surface area contributed by atoms with Crippen molar-refractivity contribution in [1.29, 1.82) is 0 Å². The van der Waals surface area contributed by atoms with Crippen LogP contribution in [0.15, 0.2) is 36.9 Å². The summed E-state index contributed by atoms with van der Waals surface area (Å²) in [5.74, 6) is 1.99. The van der Waals surface area contributed by atoms with Crippen LogP contribution in [-0.4, -0.2) is 22.1 Å². The molecule has 0 spiro atoms. The maximum atomic E-state index is 3.67. The predicted molar refractivity (Wildman–Crippen MR) is 55.1 cm³/mol. The molecule has 3 nitrogen and oxygen atoms in total. The summed E-state index contributed by atoms with van der Waals surface area (Å²) in [5.41, 5.74) is 1.00. The van der Waals surface area contributed by atoms with Gasteiger partial charge in [-0.1, -0.05) is 31.3 Å². The highest BCUT2D eigenvalue weighted by Crippen LogP contribution is 1.96. The summed E-state index contributed by atoms with van der Waals surface area (Å²) in [4.78, 5) is 0. The fourth-order valence-corrected chi connectivity index (χ4v) is 0.874. The Labute approximate surface area is 75.1 Å². The number of hydrogen-bond donors (Lipinski definition) is 3. The molecule has 1 aliphatic rings. The third kappa shape index (κ3) is 2.73. The molecule has 1 rings (SSSR count). The van der Waals surface area contributed by atoms with Crippen molar-refractivity contribution >= 4 is 22.1 Å². The summed E-state index contributed by atoms with van der Waals surface area (Å²) in [5, 5.41) is 9.01. The van der Waals surface area contributed by atoms with E-state index < -0.39 is 0 Å². The number of allylic oxidation sites excluding steroid dienone is 3. The number of hydrogen-bond acceptors (Lipinski definition) is 3. The van der Waals surface area contributed by atoms with Gasteiger partial charge in [-0.2, -0.15) is 0 Å². The number of nitrogens with one attached hydrogen (secondary N) is 3. The quantitative estimate of drug-likeness (QED) is 0.369. The topological polar surface area (TPSA) is 36.1 Å². The molecular formula is C6H10B3N3. The second-order valence-corrected chi connectivity index (χ2v) is 2.34. The average molecular weight is 157 g/mol. The second kappa shape index (κ2) is 5.03. The van der Waals surface area contributed by atoms with Crippen molar-refractivity contribution in [3.8, 4) is 0 Å². The first-order chi connectivity index (χ1) is 5.86. The lowest BCUT2D eigenvalue weighted by molar-refractivity contribution is 1.25. The molecule has 1 heterocycles. The number of rotatable bonds is 3. The van der Waals surface area contributed by atoms with E-state index >= 15 is 0 Å². The van der Waals surface area contributed by atoms with Gasteiger partial charge in [0.1, 0.15) is 0 Å². The van der Waals surface area contributed by atoms with E-state index in [1.54, 1.807) is 27.3 Å². The average Bonchev–Trinajstić information content (AvgIpc) is 2.16. The molecule has 1 aliphatic heterocycles. The Hall–Kier alpha value is -0.705. The maximum absolute atomic E-state index is 3.67. The lowest BCUT2D eigenvalue weighted by atomic mass is 9.64. The smallest absolute Gasteiger partial charge is 0.312 e. The first-order valence-electron chi connectivity index (χ1n) is 3.75. The molecule has 6 heteroatoms. The van der Waals surface area contributed by atoms with Crippen molar-refractivity contribution in [2.45, 2.75) is 0 Å². The summed E-state index contributed by atoms with van der Waals surface area (Å²) in [6, 6.07) is 0. The van der Waals surface area contributed by atoms with Crippen LogP contribution in [-0.2, 0) is 0 Å². The minimum Gasteiger partial charge on any atom is -0.379 e. The zero-order valence-electron chi connectivity index (χ0n) is 6.88. The monoisotopic (exact) mass is 157 g/mol. The minimum atomic E-state index is 0.109. The molecule has 0 atom stereocenters. The highest BCUT2D eigenvalue weighted by molar-refractivity contribution is 6.78. The molecule has 0 unspecified atom stereocenters. The molecule has 0 aromatic carbocycles. The molecule has 1 saturated heterocycles. The third-order valence-corrected chi connectivity index (χ3v) is 1.52. The Morgan fingerprint density at radius 1 is 1.17 bits per heavy atom. The molecule has 12 heavy (non-hydrogen) atoms. The van der Waals surface area contributed by atoms with Crippen molar-refractivity contribution in [1.82, 2.24) is 15.4 Å². The largest absolute Gasteiger partial charge is 0.379 e. The highest BCUT2D eigenvalue weighted by atomic mass is 15.0. The van der Waals surface area contributed by atoms with Gasteiger partial charge in [-0.25, -0.2) is 0 Å². The first-order valence-corrected chi connectivity index (χ1v) is 3.75. The SMILES string of the molecule is C=CC(C=C)=CB1N[B]N[B]N1. The van der Waals surface area contributed by atoms with E-state index in [-0.39, 0.29) is 6.98 Å². The van der Waals surface area contributed by atoms with Gasteiger partial charge >= 0.3 is 6.98 Å². The zero-order chi connectivity index (χ0) is 8.81. The molecule has 58 valence electrons. The summed E-state index contributed by atoms with van der Waals surface area (Å²) in [6.45, 7) is 7.44. The van der Waals surface area contributed by atoms with Crippen LogP contribution in [0.1, 0.15) is 0 Å². The van der Waals surface area contributed by atoms with Gasteiger partial charge in [0.25, 0.3) is 15.1 Å². The molecule has 0 aromatic heterocycles. The van der Waals surface area contributed by atoms with Crippen LogP contribution in [0.2, 0.25) is 0 Å². The molecule has 1 fully saturated rings. The molecule has 0 bridgehead atoms. The molecule has 0 saturated carbocycles. The lowest BCUT2D eigenvalue weighted by Gasteiger charge is -2.18. The van der Waals surface area contributed by atoms with Crippen LogP contribution >= 0.6 is 0 Å². The van der Waals surface area contributed by atoms with Crippen LogP contribution in [0.25, 0.3) is 0 Å². The molecule has 0 aromatic rings. The molecule has 0 aliphatic carbocycles. The molecular weight excluding hydrogens is 147 g/mol. The Morgan fingerprint density at radius 3 is 2.25 bits per heavy atom. The molecule has 3 N–H and O–H groups in total. The van der Waals surface area contributed by atoms with Crippen molar-refractivity contribution in [3.63, 3.8) is 0 Å². The van der Waals surface area contributed by atoms with Gasteiger partial charge < -0.3 is 15.4 Å². The van der Waals surface area contributed by atoms with Crippen LogP contribution in [0, 0.1) is 0 Å². The van der Waals surface area contributed by atoms with Gasteiger partial charge in [-0.15, -0.1) is 0 Å². The van der Waals surface area contributed by atoms with Gasteiger partial charge in [0.15, 0.2) is 0 Å². The highest BCUT2D eigenvalue weighted by Gasteiger charge is 2.15. The van der Waals surface area contributed by atoms with E-state index in [4.69, 9.17) is 0 Å². The van der Waals surface area contributed by atoms with Crippen LogP contribution in [0.3, 0.4) is 0 Å². The maximum Gasteiger partial charge on any atom is 0.312 e. The summed E-state index contributed by atoms with van der Waals surface area (Å²) in [7, 11) is 3.53. The van der Waals surface area contributed by atoms with E-state index in [0.29, 0.717) is 0 Å². The van der Waals surface area contributed by atoms with E-state index in [9.17, 15) is 0 Å². The van der Waals surface area contributed by atoms with Crippen molar-refractivity contribution in [2.75, 3.05) is 0 Å². The van der Waals surface area contributed by atoms with E-state index in [2.05, 4.69) is 28.6 Å². The Balaban J connectivity index is 2.50. The van der Waals surface area contributed by atoms with Crippen molar-refractivity contribution < 1.29 is 0 Å². The second-order valence-electron chi connectivity index (χ2n) is 2.34. The molecule has 0 amide bonds. The van der Waals surface area contributed by atoms with E-state index in [1.165, 1.54) is 0 Å². The van der Waals surface area contributed by atoms with Gasteiger partial charge in [0.2, 0.25) is 0 Å². The first kappa shape index (κ1) is 9.38. The normalized spacial score (nSPS) is 15.5. The van der Waals surface area contributed by atoms with Crippen molar-refractivity contribution in [2.24, 2.45) is 0 Å². The fraction of sp³-hybridized carbons (Fsp3) is 0. The van der Waals surface area contributed by atoms with Crippen LogP contribution in [0.4, 0.5) is 0 Å². The summed E-state index contributed by atoms with van der Waals surface area (Å²) >= 11 is 0. The molecule has 2 radical (unpaired) electrons. The van der Waals surface area contributed by atoms with Crippen LogP contribution < -0.4 is 15.4 Å². The van der Waals surface area contributed by atoms with Gasteiger partial charge in [0.05, 0.1) is 0 Å². The van der Waals surface area contributed by atoms with Crippen molar-refractivity contribution in [3.05, 3.63) is 36.9 Å². The Bertz CT molecular complexity index is 188. The summed E-state index contributed by atoms with van der Waals surface area (Å²) < 4.78 is 0. The van der Waals surface area contributed by atoms with Gasteiger partial charge in [-0.05, 0) is 5.57 Å². The van der Waals surface area contributed by atoms with Gasteiger partial charge in [-0.3, -0.25) is 0 Å². The third-order valence-electron chi connectivity index (χ3n) is 1.52. The van der Waals surface area contributed by atoms with Crippen LogP contribution in [0.5, 0.6) is 0 Å². The Kier molecular flexibility index (Phi) is 3.93. The minimum absolute atomic E-state index is 0.109. The zero-order valence-corrected chi connectivity index (χ0v) is 6.88.